The number of unbranched alkanes of at least 4 members (excludes halogenated alkanes) is 1. The lowest BCUT2D eigenvalue weighted by Gasteiger charge is -2.15. The summed E-state index contributed by atoms with van der Waals surface area (Å²) in [7, 11) is -1.81. The van der Waals surface area contributed by atoms with Crippen LogP contribution < -0.4 is 9.39 Å². The Kier molecular flexibility index (Phi) is 6.56. The van der Waals surface area contributed by atoms with Gasteiger partial charge in [-0.1, -0.05) is 13.3 Å². The summed E-state index contributed by atoms with van der Waals surface area (Å²) in [5.74, 6) is 0.996. The van der Waals surface area contributed by atoms with Gasteiger partial charge in [0, 0.05) is 0 Å². The summed E-state index contributed by atoms with van der Waals surface area (Å²) in [6.45, 7) is 4.61. The molecule has 18 heavy (non-hydrogen) atoms. The van der Waals surface area contributed by atoms with Crippen molar-refractivity contribution in [2.75, 3.05) is 6.61 Å². The van der Waals surface area contributed by atoms with Crippen LogP contribution in [0, 0.1) is 0 Å². The van der Waals surface area contributed by atoms with Crippen molar-refractivity contribution in [2.45, 2.75) is 33.0 Å². The summed E-state index contributed by atoms with van der Waals surface area (Å²) in [4.78, 5) is 0. The molecule has 100 valence electrons. The maximum absolute atomic E-state index is 8.62. The Hall–Kier alpha value is -1.24. The number of rotatable bonds is 8. The van der Waals surface area contributed by atoms with Crippen LogP contribution in [0.3, 0.4) is 0 Å². The SMILES string of the molecule is CCCCOC(C)Oc1ccc(OB(O)O)cc1. The van der Waals surface area contributed by atoms with E-state index in [1.54, 1.807) is 24.3 Å². The molecular formula is C12H19BO5. The summed E-state index contributed by atoms with van der Waals surface area (Å²) in [6, 6.07) is 6.54. The zero-order valence-electron chi connectivity index (χ0n) is 10.7. The highest BCUT2D eigenvalue weighted by Crippen LogP contribution is 2.19. The van der Waals surface area contributed by atoms with Gasteiger partial charge in [0.05, 0.1) is 6.61 Å². The van der Waals surface area contributed by atoms with Gasteiger partial charge in [-0.05, 0) is 37.6 Å². The average Bonchev–Trinajstić information content (AvgIpc) is 2.31. The van der Waals surface area contributed by atoms with Gasteiger partial charge in [-0.3, -0.25) is 0 Å². The molecule has 1 atom stereocenters. The van der Waals surface area contributed by atoms with Crippen molar-refractivity contribution in [3.8, 4) is 11.5 Å². The Morgan fingerprint density at radius 3 is 2.33 bits per heavy atom. The molecule has 0 aliphatic rings. The minimum absolute atomic E-state index is 0.313. The Bertz CT molecular complexity index is 328. The van der Waals surface area contributed by atoms with Gasteiger partial charge in [0.2, 0.25) is 0 Å². The van der Waals surface area contributed by atoms with E-state index >= 15 is 0 Å². The smallest absolute Gasteiger partial charge is 0.512 e. The first-order chi connectivity index (χ1) is 8.61. The molecule has 0 radical (unpaired) electrons. The van der Waals surface area contributed by atoms with Crippen LogP contribution in [0.15, 0.2) is 24.3 Å². The zero-order valence-corrected chi connectivity index (χ0v) is 10.7. The number of hydrogen-bond acceptors (Lipinski definition) is 5. The number of hydrogen-bond donors (Lipinski definition) is 2. The molecule has 1 rings (SSSR count). The summed E-state index contributed by atoms with van der Waals surface area (Å²) in [5, 5.41) is 17.2. The van der Waals surface area contributed by atoms with E-state index < -0.39 is 7.32 Å². The van der Waals surface area contributed by atoms with Crippen molar-refractivity contribution in [1.82, 2.24) is 0 Å². The molecule has 0 amide bonds. The van der Waals surface area contributed by atoms with Crippen LogP contribution in [-0.2, 0) is 4.74 Å². The van der Waals surface area contributed by atoms with Crippen LogP contribution in [0.4, 0.5) is 0 Å². The largest absolute Gasteiger partial charge is 0.707 e. The lowest BCUT2D eigenvalue weighted by molar-refractivity contribution is -0.0673. The van der Waals surface area contributed by atoms with E-state index in [2.05, 4.69) is 11.6 Å². The fourth-order valence-electron chi connectivity index (χ4n) is 1.34. The summed E-state index contributed by atoms with van der Waals surface area (Å²) in [5.41, 5.74) is 0. The van der Waals surface area contributed by atoms with Crippen molar-refractivity contribution >= 4 is 7.32 Å². The molecule has 1 aromatic rings. The first-order valence-corrected chi connectivity index (χ1v) is 6.03. The van der Waals surface area contributed by atoms with E-state index in [1.165, 1.54) is 0 Å². The van der Waals surface area contributed by atoms with Gasteiger partial charge >= 0.3 is 7.32 Å². The normalized spacial score (nSPS) is 12.0. The first-order valence-electron chi connectivity index (χ1n) is 6.03. The lowest BCUT2D eigenvalue weighted by Crippen LogP contribution is -2.20. The molecule has 2 N–H and O–H groups in total. The van der Waals surface area contributed by atoms with Crippen molar-refractivity contribution in [3.05, 3.63) is 24.3 Å². The third-order valence-corrected chi connectivity index (χ3v) is 2.22. The maximum Gasteiger partial charge on any atom is 0.707 e. The van der Waals surface area contributed by atoms with Gasteiger partial charge in [-0.2, -0.15) is 0 Å². The number of ether oxygens (including phenoxy) is 2. The molecule has 0 saturated heterocycles. The molecule has 5 nitrogen and oxygen atoms in total. The molecule has 0 bridgehead atoms. The van der Waals surface area contributed by atoms with Crippen LogP contribution in [-0.4, -0.2) is 30.3 Å². The van der Waals surface area contributed by atoms with E-state index in [-0.39, 0.29) is 6.29 Å². The minimum atomic E-state index is -1.81. The molecule has 0 heterocycles. The third-order valence-electron chi connectivity index (χ3n) is 2.22. The van der Waals surface area contributed by atoms with E-state index in [4.69, 9.17) is 19.5 Å². The van der Waals surface area contributed by atoms with Crippen molar-refractivity contribution < 1.29 is 24.2 Å². The van der Waals surface area contributed by atoms with E-state index in [1.807, 2.05) is 6.92 Å². The highest BCUT2D eigenvalue weighted by molar-refractivity contribution is 6.33. The summed E-state index contributed by atoms with van der Waals surface area (Å²) < 4.78 is 15.6. The predicted molar refractivity (Wildman–Crippen MR) is 68.2 cm³/mol. The molecule has 1 aromatic carbocycles. The minimum Gasteiger partial charge on any atom is -0.512 e. The first kappa shape index (κ1) is 14.8. The molecule has 0 aliphatic heterocycles. The molecule has 0 aliphatic carbocycles. The average molecular weight is 254 g/mol. The molecule has 0 spiro atoms. The third kappa shape index (κ3) is 5.91. The molecule has 6 heteroatoms. The predicted octanol–water partition coefficient (Wildman–Crippen LogP) is 1.58. The van der Waals surface area contributed by atoms with Crippen molar-refractivity contribution in [1.29, 1.82) is 0 Å². The molecule has 0 aromatic heterocycles. The van der Waals surface area contributed by atoms with Gasteiger partial charge in [-0.25, -0.2) is 0 Å². The second-order valence-corrected chi connectivity index (χ2v) is 3.83. The van der Waals surface area contributed by atoms with Gasteiger partial charge < -0.3 is 24.2 Å². The lowest BCUT2D eigenvalue weighted by atomic mass is 10.2. The Morgan fingerprint density at radius 2 is 1.78 bits per heavy atom. The topological polar surface area (TPSA) is 68.2 Å². The van der Waals surface area contributed by atoms with Gasteiger partial charge in [-0.15, -0.1) is 0 Å². The molecule has 0 fully saturated rings. The Morgan fingerprint density at radius 1 is 1.17 bits per heavy atom. The quantitative estimate of drug-likeness (QED) is 0.418. The van der Waals surface area contributed by atoms with E-state index in [0.29, 0.717) is 18.1 Å². The fourth-order valence-corrected chi connectivity index (χ4v) is 1.34. The maximum atomic E-state index is 8.62. The van der Waals surface area contributed by atoms with E-state index in [0.717, 1.165) is 12.8 Å². The highest BCUT2D eigenvalue weighted by Gasteiger charge is 2.11. The van der Waals surface area contributed by atoms with Gasteiger partial charge in [0.15, 0.2) is 6.29 Å². The van der Waals surface area contributed by atoms with Crippen LogP contribution >= 0.6 is 0 Å². The standard InChI is InChI=1S/C12H19BO5/c1-3-4-9-16-10(2)17-11-5-7-12(8-6-11)18-13(14)15/h5-8,10,14-15H,3-4,9H2,1-2H3. The zero-order chi connectivity index (χ0) is 13.4. The van der Waals surface area contributed by atoms with E-state index in [9.17, 15) is 0 Å². The second kappa shape index (κ2) is 7.97. The molecule has 1 unspecified atom stereocenters. The van der Waals surface area contributed by atoms with Crippen LogP contribution in [0.2, 0.25) is 0 Å². The molecule has 0 saturated carbocycles. The highest BCUT2D eigenvalue weighted by atomic mass is 16.7. The van der Waals surface area contributed by atoms with Gasteiger partial charge in [0.1, 0.15) is 11.5 Å². The second-order valence-electron chi connectivity index (χ2n) is 3.83. The van der Waals surface area contributed by atoms with Crippen LogP contribution in [0.1, 0.15) is 26.7 Å². The van der Waals surface area contributed by atoms with Crippen molar-refractivity contribution in [3.63, 3.8) is 0 Å². The van der Waals surface area contributed by atoms with Gasteiger partial charge in [0.25, 0.3) is 0 Å². The van der Waals surface area contributed by atoms with Crippen LogP contribution in [0.5, 0.6) is 11.5 Å². The number of benzene rings is 1. The summed E-state index contributed by atoms with van der Waals surface area (Å²) >= 11 is 0. The Balaban J connectivity index is 2.38. The monoisotopic (exact) mass is 254 g/mol. The summed E-state index contributed by atoms with van der Waals surface area (Å²) in [6.07, 6.45) is 1.78. The fraction of sp³-hybridized carbons (Fsp3) is 0.500. The van der Waals surface area contributed by atoms with Crippen molar-refractivity contribution in [2.24, 2.45) is 0 Å². The molecular weight excluding hydrogens is 235 g/mol. The Labute approximate surface area is 107 Å². The van der Waals surface area contributed by atoms with Crippen LogP contribution in [0.25, 0.3) is 0 Å².